The third kappa shape index (κ3) is 10.8. The van der Waals surface area contributed by atoms with Crippen molar-refractivity contribution >= 4 is 23.8 Å². The second-order valence-electron chi connectivity index (χ2n) is 10.6. The average Bonchev–Trinajstić information content (AvgIpc) is 2.78. The van der Waals surface area contributed by atoms with Crippen molar-refractivity contribution in [2.75, 3.05) is 11.9 Å². The predicted octanol–water partition coefficient (Wildman–Crippen LogP) is 5.52. The summed E-state index contributed by atoms with van der Waals surface area (Å²) in [6, 6.07) is 16.2. The number of carbonyl (C=O) groups is 3. The molecule has 196 valence electrons. The fraction of sp³-hybridized carbons (Fsp3) is 0.464. The first-order valence-electron chi connectivity index (χ1n) is 12.2. The van der Waals surface area contributed by atoms with Crippen LogP contribution in [0.5, 0.6) is 0 Å². The first-order chi connectivity index (χ1) is 16.8. The van der Waals surface area contributed by atoms with Gasteiger partial charge in [0.25, 0.3) is 0 Å². The number of rotatable bonds is 9. The van der Waals surface area contributed by atoms with Gasteiger partial charge in [0, 0.05) is 12.2 Å². The molecule has 0 aromatic heterocycles. The molecule has 0 aliphatic rings. The van der Waals surface area contributed by atoms with Crippen LogP contribution in [0, 0.1) is 0 Å². The second kappa shape index (κ2) is 13.0. The molecule has 0 unspecified atom stereocenters. The maximum absolute atomic E-state index is 13.1. The molecule has 1 atom stereocenters. The summed E-state index contributed by atoms with van der Waals surface area (Å²) in [7, 11) is 0. The molecule has 0 aliphatic heterocycles. The van der Waals surface area contributed by atoms with E-state index in [1.54, 1.807) is 20.8 Å². The highest BCUT2D eigenvalue weighted by Crippen LogP contribution is 2.24. The molecule has 2 aromatic carbocycles. The largest absolute Gasteiger partial charge is 0.445 e. The van der Waals surface area contributed by atoms with E-state index in [1.807, 2.05) is 54.6 Å². The van der Waals surface area contributed by atoms with Crippen molar-refractivity contribution in [1.29, 1.82) is 0 Å². The molecule has 36 heavy (non-hydrogen) atoms. The van der Waals surface area contributed by atoms with Gasteiger partial charge in [-0.25, -0.2) is 9.59 Å². The molecule has 0 spiro atoms. The summed E-state index contributed by atoms with van der Waals surface area (Å²) < 4.78 is 10.5. The highest BCUT2D eigenvalue weighted by molar-refractivity contribution is 5.96. The molecule has 3 N–H and O–H groups in total. The standard InChI is InChI=1S/C28H39N3O5/c1-27(2,3)21-14-10-15-22(18-21)30-24(32)23(31-26(34)36-28(4,5)6)16-11-17-29-25(33)35-19-20-12-8-7-9-13-20/h7-10,12-15,18,23H,11,16-17,19H2,1-6H3,(H,29,33)(H,30,32)(H,31,34)/t23-/m0/s1. The van der Waals surface area contributed by atoms with Crippen LogP contribution in [0.3, 0.4) is 0 Å². The molecule has 0 fully saturated rings. The van der Waals surface area contributed by atoms with Crippen molar-refractivity contribution in [3.05, 3.63) is 65.7 Å². The summed E-state index contributed by atoms with van der Waals surface area (Å²) in [4.78, 5) is 37.4. The van der Waals surface area contributed by atoms with Crippen LogP contribution in [0.2, 0.25) is 0 Å². The zero-order chi connectivity index (χ0) is 26.8. The Morgan fingerprint density at radius 1 is 0.889 bits per heavy atom. The first-order valence-corrected chi connectivity index (χ1v) is 12.2. The van der Waals surface area contributed by atoms with Gasteiger partial charge in [-0.2, -0.15) is 0 Å². The number of benzene rings is 2. The van der Waals surface area contributed by atoms with Gasteiger partial charge in [0.15, 0.2) is 0 Å². The lowest BCUT2D eigenvalue weighted by atomic mass is 9.87. The molecule has 0 saturated heterocycles. The Morgan fingerprint density at radius 3 is 2.22 bits per heavy atom. The van der Waals surface area contributed by atoms with Crippen molar-refractivity contribution in [1.82, 2.24) is 10.6 Å². The Kier molecular flexibility index (Phi) is 10.3. The molecule has 2 aromatic rings. The van der Waals surface area contributed by atoms with Crippen LogP contribution in [0.25, 0.3) is 0 Å². The van der Waals surface area contributed by atoms with Gasteiger partial charge < -0.3 is 25.4 Å². The molecular weight excluding hydrogens is 458 g/mol. The number of hydrogen-bond acceptors (Lipinski definition) is 5. The highest BCUT2D eigenvalue weighted by atomic mass is 16.6. The fourth-order valence-corrected chi connectivity index (χ4v) is 3.28. The van der Waals surface area contributed by atoms with E-state index in [0.29, 0.717) is 18.5 Å². The van der Waals surface area contributed by atoms with Crippen LogP contribution in [0.1, 0.15) is 65.5 Å². The van der Waals surface area contributed by atoms with Gasteiger partial charge in [0.1, 0.15) is 18.2 Å². The SMILES string of the molecule is CC(C)(C)OC(=O)N[C@@H](CCCNC(=O)OCc1ccccc1)C(=O)Nc1cccc(C(C)(C)C)c1. The fourth-order valence-electron chi connectivity index (χ4n) is 3.28. The lowest BCUT2D eigenvalue weighted by Gasteiger charge is -2.24. The van der Waals surface area contributed by atoms with Crippen molar-refractivity contribution < 1.29 is 23.9 Å². The van der Waals surface area contributed by atoms with Crippen LogP contribution < -0.4 is 16.0 Å². The number of carbonyl (C=O) groups excluding carboxylic acids is 3. The van der Waals surface area contributed by atoms with Crippen molar-refractivity contribution in [3.63, 3.8) is 0 Å². The summed E-state index contributed by atoms with van der Waals surface area (Å²) in [6.45, 7) is 12.0. The Labute approximate surface area is 214 Å². The van der Waals surface area contributed by atoms with E-state index in [1.165, 1.54) is 0 Å². The zero-order valence-corrected chi connectivity index (χ0v) is 22.1. The molecule has 0 radical (unpaired) electrons. The smallest absolute Gasteiger partial charge is 0.408 e. The normalized spacial score (nSPS) is 12.3. The highest BCUT2D eigenvalue weighted by Gasteiger charge is 2.25. The quantitative estimate of drug-likeness (QED) is 0.396. The topological polar surface area (TPSA) is 106 Å². The summed E-state index contributed by atoms with van der Waals surface area (Å²) in [5.41, 5.74) is 1.84. The Bertz CT molecular complexity index is 1010. The number of amides is 3. The second-order valence-corrected chi connectivity index (χ2v) is 10.6. The number of nitrogens with one attached hydrogen (secondary N) is 3. The third-order valence-corrected chi connectivity index (χ3v) is 5.16. The number of ether oxygens (including phenoxy) is 2. The molecule has 3 amide bonds. The summed E-state index contributed by atoms with van der Waals surface area (Å²) >= 11 is 0. The predicted molar refractivity (Wildman–Crippen MR) is 141 cm³/mol. The summed E-state index contributed by atoms with van der Waals surface area (Å²) in [5, 5.41) is 8.22. The number of anilines is 1. The molecule has 0 bridgehead atoms. The Morgan fingerprint density at radius 2 is 1.58 bits per heavy atom. The maximum atomic E-state index is 13.1. The molecule has 0 heterocycles. The van der Waals surface area contributed by atoms with Gasteiger partial charge in [-0.05, 0) is 62.3 Å². The minimum atomic E-state index is -0.847. The molecule has 2 rings (SSSR count). The Hall–Kier alpha value is -3.55. The van der Waals surface area contributed by atoms with Crippen molar-refractivity contribution in [2.24, 2.45) is 0 Å². The monoisotopic (exact) mass is 497 g/mol. The van der Waals surface area contributed by atoms with Gasteiger partial charge in [0.2, 0.25) is 5.91 Å². The van der Waals surface area contributed by atoms with E-state index in [-0.39, 0.29) is 24.5 Å². The lowest BCUT2D eigenvalue weighted by molar-refractivity contribution is -0.118. The van der Waals surface area contributed by atoms with Gasteiger partial charge >= 0.3 is 12.2 Å². The molecule has 8 nitrogen and oxygen atoms in total. The van der Waals surface area contributed by atoms with Crippen LogP contribution >= 0.6 is 0 Å². The lowest BCUT2D eigenvalue weighted by Crippen LogP contribution is -2.46. The van der Waals surface area contributed by atoms with Crippen LogP contribution in [0.4, 0.5) is 15.3 Å². The molecule has 0 aliphatic carbocycles. The van der Waals surface area contributed by atoms with E-state index >= 15 is 0 Å². The van der Waals surface area contributed by atoms with Crippen LogP contribution in [0.15, 0.2) is 54.6 Å². The average molecular weight is 498 g/mol. The number of alkyl carbamates (subject to hydrolysis) is 2. The van der Waals surface area contributed by atoms with E-state index < -0.39 is 23.8 Å². The van der Waals surface area contributed by atoms with Crippen LogP contribution in [-0.2, 0) is 26.3 Å². The first kappa shape index (κ1) is 28.7. The molecule has 0 saturated carbocycles. The van der Waals surface area contributed by atoms with E-state index in [9.17, 15) is 14.4 Å². The minimum Gasteiger partial charge on any atom is -0.445 e. The minimum absolute atomic E-state index is 0.0737. The summed E-state index contributed by atoms with van der Waals surface area (Å²) in [5.74, 6) is -0.362. The van der Waals surface area contributed by atoms with E-state index in [4.69, 9.17) is 9.47 Å². The van der Waals surface area contributed by atoms with Crippen molar-refractivity contribution in [2.45, 2.75) is 78.0 Å². The van der Waals surface area contributed by atoms with Crippen molar-refractivity contribution in [3.8, 4) is 0 Å². The number of hydrogen-bond donors (Lipinski definition) is 3. The maximum Gasteiger partial charge on any atom is 0.408 e. The van der Waals surface area contributed by atoms with E-state index in [2.05, 4.69) is 36.7 Å². The molecule has 8 heteroatoms. The van der Waals surface area contributed by atoms with Gasteiger partial charge in [-0.1, -0.05) is 63.2 Å². The third-order valence-electron chi connectivity index (χ3n) is 5.16. The van der Waals surface area contributed by atoms with Gasteiger partial charge in [-0.3, -0.25) is 4.79 Å². The van der Waals surface area contributed by atoms with Crippen LogP contribution in [-0.4, -0.2) is 36.3 Å². The van der Waals surface area contributed by atoms with Gasteiger partial charge in [-0.15, -0.1) is 0 Å². The van der Waals surface area contributed by atoms with Gasteiger partial charge in [0.05, 0.1) is 0 Å². The Balaban J connectivity index is 1.94. The summed E-state index contributed by atoms with van der Waals surface area (Å²) in [6.07, 6.45) is -0.486. The molecular formula is C28H39N3O5. The van der Waals surface area contributed by atoms with E-state index in [0.717, 1.165) is 11.1 Å². The zero-order valence-electron chi connectivity index (χ0n) is 22.1.